The van der Waals surface area contributed by atoms with Crippen LogP contribution in [0.25, 0.3) is 33.9 Å². The molecule has 4 nitrogen and oxygen atoms in total. The predicted molar refractivity (Wildman–Crippen MR) is 106 cm³/mol. The lowest BCUT2D eigenvalue weighted by molar-refractivity contribution is 1.07. The minimum absolute atomic E-state index is 0.111. The van der Waals surface area contributed by atoms with Gasteiger partial charge in [0.1, 0.15) is 0 Å². The van der Waals surface area contributed by atoms with Crippen LogP contribution in [0.2, 0.25) is 5.28 Å². The lowest BCUT2D eigenvalue weighted by atomic mass is 9.97. The molecule has 0 bridgehead atoms. The number of hydrogen-bond acceptors (Lipinski definition) is 4. The summed E-state index contributed by atoms with van der Waals surface area (Å²) in [5, 5.41) is 9.44. The van der Waals surface area contributed by atoms with Crippen molar-refractivity contribution < 1.29 is 0 Å². The van der Waals surface area contributed by atoms with Gasteiger partial charge in [-0.15, -0.1) is 0 Å². The Labute approximate surface area is 161 Å². The molecule has 4 rings (SSSR count). The van der Waals surface area contributed by atoms with Gasteiger partial charge in [0.25, 0.3) is 0 Å². The van der Waals surface area contributed by atoms with Crippen molar-refractivity contribution in [3.63, 3.8) is 0 Å². The highest BCUT2D eigenvalue weighted by Gasteiger charge is 2.14. The van der Waals surface area contributed by atoms with Crippen molar-refractivity contribution in [2.75, 3.05) is 0 Å². The van der Waals surface area contributed by atoms with Crippen LogP contribution < -0.4 is 0 Å². The molecular weight excluding hydrogens is 356 g/mol. The van der Waals surface area contributed by atoms with Gasteiger partial charge in [0.2, 0.25) is 5.28 Å². The second kappa shape index (κ2) is 7.36. The highest BCUT2D eigenvalue weighted by molar-refractivity contribution is 6.28. The fraction of sp³-hybridized carbons (Fsp3) is 0. The van der Waals surface area contributed by atoms with Crippen LogP contribution in [-0.2, 0) is 0 Å². The molecule has 5 heteroatoms. The maximum atomic E-state index is 9.33. The van der Waals surface area contributed by atoms with Gasteiger partial charge in [-0.3, -0.25) is 0 Å². The van der Waals surface area contributed by atoms with Gasteiger partial charge in [0.15, 0.2) is 11.6 Å². The third-order valence-corrected chi connectivity index (χ3v) is 4.28. The van der Waals surface area contributed by atoms with E-state index in [0.717, 1.165) is 22.3 Å². The van der Waals surface area contributed by atoms with Crippen molar-refractivity contribution in [3.8, 4) is 40.0 Å². The van der Waals surface area contributed by atoms with Crippen LogP contribution in [0.3, 0.4) is 0 Å². The fourth-order valence-corrected chi connectivity index (χ4v) is 3.02. The van der Waals surface area contributed by atoms with Gasteiger partial charge >= 0.3 is 0 Å². The highest BCUT2D eigenvalue weighted by atomic mass is 35.5. The zero-order valence-corrected chi connectivity index (χ0v) is 14.9. The quantitative estimate of drug-likeness (QED) is 0.486. The van der Waals surface area contributed by atoms with Crippen LogP contribution in [0.5, 0.6) is 0 Å². The molecule has 0 radical (unpaired) electrons. The molecule has 1 aromatic heterocycles. The molecule has 0 fully saturated rings. The minimum Gasteiger partial charge on any atom is -0.208 e. The summed E-state index contributed by atoms with van der Waals surface area (Å²) in [6.07, 6.45) is 0. The van der Waals surface area contributed by atoms with Crippen LogP contribution in [0.15, 0.2) is 78.9 Å². The summed E-state index contributed by atoms with van der Waals surface area (Å²) in [6, 6.07) is 27.1. The molecule has 0 atom stereocenters. The summed E-state index contributed by atoms with van der Waals surface area (Å²) in [7, 11) is 0. The first kappa shape index (κ1) is 16.9. The largest absolute Gasteiger partial charge is 0.226 e. The summed E-state index contributed by atoms with van der Waals surface area (Å²) < 4.78 is 0. The number of hydrogen-bond donors (Lipinski definition) is 0. The van der Waals surface area contributed by atoms with Gasteiger partial charge < -0.3 is 0 Å². The van der Waals surface area contributed by atoms with E-state index in [-0.39, 0.29) is 5.28 Å². The van der Waals surface area contributed by atoms with Crippen LogP contribution in [0.1, 0.15) is 5.56 Å². The molecule has 128 valence electrons. The summed E-state index contributed by atoms with van der Waals surface area (Å²) in [5.74, 6) is 0.928. The molecule has 27 heavy (non-hydrogen) atoms. The summed E-state index contributed by atoms with van der Waals surface area (Å²) in [4.78, 5) is 13.2. The van der Waals surface area contributed by atoms with Crippen molar-refractivity contribution >= 4 is 11.6 Å². The number of rotatable bonds is 3. The summed E-state index contributed by atoms with van der Waals surface area (Å²) >= 11 is 6.19. The second-order valence-corrected chi connectivity index (χ2v) is 6.19. The average Bonchev–Trinajstić information content (AvgIpc) is 2.74. The van der Waals surface area contributed by atoms with Gasteiger partial charge in [-0.1, -0.05) is 66.7 Å². The zero-order valence-electron chi connectivity index (χ0n) is 14.2. The summed E-state index contributed by atoms with van der Waals surface area (Å²) in [6.45, 7) is 0. The van der Waals surface area contributed by atoms with Gasteiger partial charge in [0, 0.05) is 11.1 Å². The Hall–Kier alpha value is -3.55. The van der Waals surface area contributed by atoms with E-state index in [1.165, 1.54) is 0 Å². The van der Waals surface area contributed by atoms with Crippen LogP contribution in [0, 0.1) is 11.3 Å². The fourth-order valence-electron chi connectivity index (χ4n) is 2.86. The molecule has 0 aliphatic carbocycles. The lowest BCUT2D eigenvalue weighted by Gasteiger charge is -2.11. The molecule has 3 aromatic carbocycles. The third-order valence-electron chi connectivity index (χ3n) is 4.11. The molecule has 0 unspecified atom stereocenters. The maximum absolute atomic E-state index is 9.33. The topological polar surface area (TPSA) is 62.5 Å². The van der Waals surface area contributed by atoms with Crippen LogP contribution >= 0.6 is 11.6 Å². The van der Waals surface area contributed by atoms with Gasteiger partial charge in [-0.05, 0) is 34.9 Å². The molecule has 0 saturated heterocycles. The number of benzene rings is 3. The Bertz CT molecular complexity index is 1140. The van der Waals surface area contributed by atoms with E-state index in [9.17, 15) is 5.26 Å². The van der Waals surface area contributed by atoms with Crippen LogP contribution in [-0.4, -0.2) is 15.0 Å². The molecular formula is C22H13ClN4. The van der Waals surface area contributed by atoms with Crippen molar-refractivity contribution in [1.82, 2.24) is 15.0 Å². The highest BCUT2D eigenvalue weighted by Crippen LogP contribution is 2.32. The smallest absolute Gasteiger partial charge is 0.208 e. The van der Waals surface area contributed by atoms with Crippen LogP contribution in [0.4, 0.5) is 0 Å². The zero-order chi connectivity index (χ0) is 18.6. The first-order chi connectivity index (χ1) is 13.2. The minimum atomic E-state index is 0.111. The molecule has 0 aliphatic heterocycles. The Balaban J connectivity index is 1.93. The molecule has 4 aromatic rings. The Morgan fingerprint density at radius 2 is 1.30 bits per heavy atom. The Morgan fingerprint density at radius 3 is 1.96 bits per heavy atom. The summed E-state index contributed by atoms with van der Waals surface area (Å²) in [5.41, 5.74) is 4.05. The normalized spacial score (nSPS) is 10.4. The van der Waals surface area contributed by atoms with E-state index < -0.39 is 0 Å². The van der Waals surface area contributed by atoms with Crippen molar-refractivity contribution in [2.45, 2.75) is 0 Å². The Morgan fingerprint density at radius 1 is 0.667 bits per heavy atom. The van der Waals surface area contributed by atoms with Gasteiger partial charge in [-0.2, -0.15) is 15.2 Å². The standard InChI is InChI=1S/C22H13ClN4/c23-22-26-20(17-9-5-2-6-10-17)25-21(27-22)19-13-15(14-24)11-12-18(19)16-7-3-1-4-8-16/h1-13H. The van der Waals surface area contributed by atoms with Crippen molar-refractivity contribution in [1.29, 1.82) is 5.26 Å². The van der Waals surface area contributed by atoms with Gasteiger partial charge in [0.05, 0.1) is 11.6 Å². The number of halogens is 1. The van der Waals surface area contributed by atoms with Crippen molar-refractivity contribution in [3.05, 3.63) is 89.7 Å². The molecule has 0 amide bonds. The van der Waals surface area contributed by atoms with Gasteiger partial charge in [-0.25, -0.2) is 4.98 Å². The third kappa shape index (κ3) is 3.55. The second-order valence-electron chi connectivity index (χ2n) is 5.86. The maximum Gasteiger partial charge on any atom is 0.226 e. The molecule has 0 aliphatic rings. The van der Waals surface area contributed by atoms with E-state index in [1.54, 1.807) is 12.1 Å². The Kier molecular flexibility index (Phi) is 4.61. The SMILES string of the molecule is N#Cc1ccc(-c2ccccc2)c(-c2nc(Cl)nc(-c3ccccc3)n2)c1. The first-order valence-electron chi connectivity index (χ1n) is 8.31. The number of nitrogens with zero attached hydrogens (tertiary/aromatic N) is 4. The van der Waals surface area contributed by atoms with Crippen molar-refractivity contribution in [2.24, 2.45) is 0 Å². The number of aromatic nitrogens is 3. The molecule has 0 N–H and O–H groups in total. The van der Waals surface area contributed by atoms with E-state index in [1.807, 2.05) is 66.7 Å². The van der Waals surface area contributed by atoms with E-state index in [4.69, 9.17) is 11.6 Å². The first-order valence-corrected chi connectivity index (χ1v) is 8.69. The average molecular weight is 369 g/mol. The van der Waals surface area contributed by atoms with E-state index in [2.05, 4.69) is 21.0 Å². The van der Waals surface area contributed by atoms with E-state index in [0.29, 0.717) is 17.2 Å². The lowest BCUT2D eigenvalue weighted by Crippen LogP contribution is -1.99. The molecule has 1 heterocycles. The van der Waals surface area contributed by atoms with E-state index >= 15 is 0 Å². The number of nitriles is 1. The predicted octanol–water partition coefficient (Wildman–Crippen LogP) is 5.40. The molecule has 0 spiro atoms. The monoisotopic (exact) mass is 368 g/mol. The molecule has 0 saturated carbocycles.